The van der Waals surface area contributed by atoms with Crippen LogP contribution in [0.15, 0.2) is 77.4 Å². The summed E-state index contributed by atoms with van der Waals surface area (Å²) < 4.78 is 5.58. The monoisotopic (exact) mass is 416 g/mol. The van der Waals surface area contributed by atoms with Gasteiger partial charge in [0.05, 0.1) is 12.2 Å². The third-order valence-corrected chi connectivity index (χ3v) is 5.91. The van der Waals surface area contributed by atoms with Crippen molar-refractivity contribution < 1.29 is 14.3 Å². The fourth-order valence-electron chi connectivity index (χ4n) is 4.48. The lowest BCUT2D eigenvalue weighted by molar-refractivity contribution is -0.140. The summed E-state index contributed by atoms with van der Waals surface area (Å²) in [5.41, 5.74) is 4.89. The first-order valence-corrected chi connectivity index (χ1v) is 10.8. The SMILES string of the molecule is CC1=C(C(=O)OCC(C)C)[C@H](c2ccncc2)C2=C(C[C@@H](c3ccccc3)CC2=O)N1. The summed E-state index contributed by atoms with van der Waals surface area (Å²) in [6.45, 7) is 6.24. The Bertz CT molecular complexity index is 1040. The van der Waals surface area contributed by atoms with E-state index >= 15 is 0 Å². The smallest absolute Gasteiger partial charge is 0.336 e. The van der Waals surface area contributed by atoms with Gasteiger partial charge < -0.3 is 10.1 Å². The first kappa shape index (κ1) is 21.0. The molecule has 2 aromatic rings. The average Bonchev–Trinajstić information content (AvgIpc) is 2.77. The summed E-state index contributed by atoms with van der Waals surface area (Å²) in [4.78, 5) is 30.7. The number of ketones is 1. The highest BCUT2D eigenvalue weighted by Gasteiger charge is 2.41. The summed E-state index contributed by atoms with van der Waals surface area (Å²) in [6, 6.07) is 13.9. The number of dihydropyridines is 1. The van der Waals surface area contributed by atoms with Gasteiger partial charge in [-0.15, -0.1) is 0 Å². The number of pyridine rings is 1. The summed E-state index contributed by atoms with van der Waals surface area (Å²) >= 11 is 0. The zero-order valence-corrected chi connectivity index (χ0v) is 18.2. The maximum Gasteiger partial charge on any atom is 0.336 e. The van der Waals surface area contributed by atoms with Crippen molar-refractivity contribution in [1.29, 1.82) is 0 Å². The molecule has 5 nitrogen and oxygen atoms in total. The molecule has 1 N–H and O–H groups in total. The van der Waals surface area contributed by atoms with E-state index in [0.717, 1.165) is 28.9 Å². The molecule has 0 radical (unpaired) electrons. The van der Waals surface area contributed by atoms with Crippen molar-refractivity contribution >= 4 is 11.8 Å². The quantitative estimate of drug-likeness (QED) is 0.719. The van der Waals surface area contributed by atoms with E-state index in [1.54, 1.807) is 12.4 Å². The Balaban J connectivity index is 1.75. The lowest BCUT2D eigenvalue weighted by Gasteiger charge is -2.36. The Morgan fingerprint density at radius 2 is 1.81 bits per heavy atom. The fraction of sp³-hybridized carbons (Fsp3) is 0.346. The topological polar surface area (TPSA) is 68.3 Å². The number of ether oxygens (including phenoxy) is 1. The van der Waals surface area contributed by atoms with Crippen molar-refractivity contribution in [3.63, 3.8) is 0 Å². The number of Topliss-reactive ketones (excluding diaryl/α,β-unsaturated/α-hetero) is 1. The average molecular weight is 417 g/mol. The minimum Gasteiger partial charge on any atom is -0.462 e. The second-order valence-electron chi connectivity index (χ2n) is 8.70. The number of esters is 1. The van der Waals surface area contributed by atoms with Crippen LogP contribution in [0, 0.1) is 5.92 Å². The maximum absolute atomic E-state index is 13.4. The summed E-state index contributed by atoms with van der Waals surface area (Å²) in [5, 5.41) is 3.39. The summed E-state index contributed by atoms with van der Waals surface area (Å²) in [5.74, 6) is -0.377. The van der Waals surface area contributed by atoms with Gasteiger partial charge in [0.25, 0.3) is 0 Å². The third kappa shape index (κ3) is 4.31. The molecule has 5 heteroatoms. The predicted octanol–water partition coefficient (Wildman–Crippen LogP) is 4.64. The van der Waals surface area contributed by atoms with Gasteiger partial charge in [0.2, 0.25) is 0 Å². The summed E-state index contributed by atoms with van der Waals surface area (Å²) in [6.07, 6.45) is 4.56. The van der Waals surface area contributed by atoms with Crippen LogP contribution < -0.4 is 5.32 Å². The molecular formula is C26H28N2O3. The van der Waals surface area contributed by atoms with Crippen LogP contribution >= 0.6 is 0 Å². The van der Waals surface area contributed by atoms with E-state index in [2.05, 4.69) is 22.4 Å². The third-order valence-electron chi connectivity index (χ3n) is 5.91. The van der Waals surface area contributed by atoms with Gasteiger partial charge in [0, 0.05) is 41.7 Å². The molecule has 1 aliphatic heterocycles. The van der Waals surface area contributed by atoms with Gasteiger partial charge in [0.15, 0.2) is 5.78 Å². The number of allylic oxidation sites excluding steroid dienone is 3. The fourth-order valence-corrected chi connectivity index (χ4v) is 4.48. The second kappa shape index (κ2) is 8.88. The Morgan fingerprint density at radius 1 is 1.10 bits per heavy atom. The highest BCUT2D eigenvalue weighted by atomic mass is 16.5. The van der Waals surface area contributed by atoms with Crippen LogP contribution in [-0.4, -0.2) is 23.3 Å². The number of carbonyl (C=O) groups excluding carboxylic acids is 2. The van der Waals surface area contributed by atoms with E-state index in [1.165, 1.54) is 0 Å². The van der Waals surface area contributed by atoms with Crippen LogP contribution in [0.5, 0.6) is 0 Å². The molecule has 0 amide bonds. The Morgan fingerprint density at radius 3 is 2.48 bits per heavy atom. The molecule has 160 valence electrons. The van der Waals surface area contributed by atoms with E-state index < -0.39 is 5.92 Å². The molecule has 0 spiro atoms. The molecule has 0 saturated heterocycles. The first-order chi connectivity index (χ1) is 15.0. The molecule has 0 fully saturated rings. The van der Waals surface area contributed by atoms with Gasteiger partial charge in [-0.1, -0.05) is 44.2 Å². The molecule has 0 bridgehead atoms. The van der Waals surface area contributed by atoms with Crippen LogP contribution in [0.2, 0.25) is 0 Å². The van der Waals surface area contributed by atoms with Crippen molar-refractivity contribution in [2.75, 3.05) is 6.61 Å². The summed E-state index contributed by atoms with van der Waals surface area (Å²) in [7, 11) is 0. The van der Waals surface area contributed by atoms with Crippen LogP contribution in [-0.2, 0) is 14.3 Å². The standard InChI is InChI=1S/C26H28N2O3/c1-16(2)15-31-26(30)23-17(3)28-21-13-20(18-7-5-4-6-8-18)14-22(29)25(21)24(23)19-9-11-27-12-10-19/h4-12,16,20,24,28H,13-15H2,1-3H3/t20-,24+/m1/s1. The van der Waals surface area contributed by atoms with E-state index in [1.807, 2.05) is 51.1 Å². The maximum atomic E-state index is 13.4. The largest absolute Gasteiger partial charge is 0.462 e. The van der Waals surface area contributed by atoms with Crippen molar-refractivity contribution in [1.82, 2.24) is 10.3 Å². The highest BCUT2D eigenvalue weighted by Crippen LogP contribution is 2.45. The van der Waals surface area contributed by atoms with Crippen LogP contribution in [0.1, 0.15) is 56.6 Å². The zero-order valence-electron chi connectivity index (χ0n) is 18.2. The van der Waals surface area contributed by atoms with Crippen molar-refractivity contribution in [2.45, 2.75) is 45.4 Å². The molecule has 1 aromatic carbocycles. The molecule has 1 aliphatic carbocycles. The molecule has 2 heterocycles. The number of nitrogens with zero attached hydrogens (tertiary/aromatic N) is 1. The number of hydrogen-bond acceptors (Lipinski definition) is 5. The minimum absolute atomic E-state index is 0.0751. The highest BCUT2D eigenvalue weighted by molar-refractivity contribution is 6.04. The number of carbonyl (C=O) groups is 2. The zero-order chi connectivity index (χ0) is 22.0. The van der Waals surface area contributed by atoms with Crippen molar-refractivity contribution in [3.05, 3.63) is 88.5 Å². The number of benzene rings is 1. The molecule has 0 unspecified atom stereocenters. The number of nitrogens with one attached hydrogen (secondary N) is 1. The number of hydrogen-bond donors (Lipinski definition) is 1. The van der Waals surface area contributed by atoms with Crippen LogP contribution in [0.4, 0.5) is 0 Å². The van der Waals surface area contributed by atoms with Crippen molar-refractivity contribution in [2.24, 2.45) is 5.92 Å². The number of rotatable bonds is 5. The van der Waals surface area contributed by atoms with Gasteiger partial charge in [-0.25, -0.2) is 4.79 Å². The first-order valence-electron chi connectivity index (χ1n) is 10.8. The lowest BCUT2D eigenvalue weighted by Crippen LogP contribution is -2.36. The van der Waals surface area contributed by atoms with E-state index in [9.17, 15) is 9.59 Å². The molecular weight excluding hydrogens is 388 g/mol. The molecule has 0 saturated carbocycles. The Labute approximate surface area is 183 Å². The normalized spacial score (nSPS) is 21.1. The van der Waals surface area contributed by atoms with Crippen LogP contribution in [0.3, 0.4) is 0 Å². The van der Waals surface area contributed by atoms with E-state index in [0.29, 0.717) is 24.2 Å². The second-order valence-corrected chi connectivity index (χ2v) is 8.70. The van der Waals surface area contributed by atoms with Gasteiger partial charge in [-0.2, -0.15) is 0 Å². The Kier molecular flexibility index (Phi) is 6.03. The minimum atomic E-state index is -0.442. The predicted molar refractivity (Wildman–Crippen MR) is 119 cm³/mol. The van der Waals surface area contributed by atoms with Gasteiger partial charge in [0.1, 0.15) is 0 Å². The Hall–Kier alpha value is -3.21. The molecule has 4 rings (SSSR count). The molecule has 31 heavy (non-hydrogen) atoms. The molecule has 2 aliphatic rings. The van der Waals surface area contributed by atoms with Crippen LogP contribution in [0.25, 0.3) is 0 Å². The van der Waals surface area contributed by atoms with E-state index in [4.69, 9.17) is 4.74 Å². The lowest BCUT2D eigenvalue weighted by atomic mass is 9.72. The van der Waals surface area contributed by atoms with Gasteiger partial charge in [-0.3, -0.25) is 9.78 Å². The number of aromatic nitrogens is 1. The van der Waals surface area contributed by atoms with Gasteiger partial charge in [-0.05, 0) is 48.4 Å². The van der Waals surface area contributed by atoms with E-state index in [-0.39, 0.29) is 23.6 Å². The molecule has 1 aromatic heterocycles. The van der Waals surface area contributed by atoms with Gasteiger partial charge >= 0.3 is 5.97 Å². The van der Waals surface area contributed by atoms with Crippen molar-refractivity contribution in [3.8, 4) is 0 Å². The molecule has 2 atom stereocenters.